The lowest BCUT2D eigenvalue weighted by molar-refractivity contribution is 0.0938. The minimum atomic E-state index is -0.893. The normalized spacial score (nSPS) is 10.7. The molecule has 0 saturated carbocycles. The SMILES string of the molecule is COCCCNC(=O)c1nn(-c2ccc(OC)c(OC)c2)c(=O)n(Cc2cccc(F)c2)c1=O. The van der Waals surface area contributed by atoms with Crippen LogP contribution in [0.3, 0.4) is 0 Å². The smallest absolute Gasteiger partial charge is 0.352 e. The summed E-state index contributed by atoms with van der Waals surface area (Å²) >= 11 is 0. The van der Waals surface area contributed by atoms with Gasteiger partial charge in [-0.1, -0.05) is 12.1 Å². The Labute approximate surface area is 194 Å². The topological polar surface area (TPSA) is 114 Å². The molecule has 0 bridgehead atoms. The molecular weight excluding hydrogens is 447 g/mol. The van der Waals surface area contributed by atoms with Gasteiger partial charge in [0.05, 0.1) is 26.5 Å². The molecule has 0 spiro atoms. The summed E-state index contributed by atoms with van der Waals surface area (Å²) in [5, 5.41) is 6.65. The van der Waals surface area contributed by atoms with Gasteiger partial charge in [-0.25, -0.2) is 9.18 Å². The van der Waals surface area contributed by atoms with Gasteiger partial charge in [-0.3, -0.25) is 14.2 Å². The number of ether oxygens (including phenoxy) is 3. The summed E-state index contributed by atoms with van der Waals surface area (Å²) in [6, 6.07) is 10.1. The van der Waals surface area contributed by atoms with Crippen LogP contribution in [0.1, 0.15) is 22.5 Å². The second-order valence-electron chi connectivity index (χ2n) is 7.21. The highest BCUT2D eigenvalue weighted by Crippen LogP contribution is 2.28. The molecule has 3 aromatic rings. The predicted octanol–water partition coefficient (Wildman–Crippen LogP) is 1.37. The van der Waals surface area contributed by atoms with Crippen molar-refractivity contribution < 1.29 is 23.4 Å². The summed E-state index contributed by atoms with van der Waals surface area (Å²) in [7, 11) is 4.43. The van der Waals surface area contributed by atoms with Crippen LogP contribution in [0.2, 0.25) is 0 Å². The summed E-state index contributed by atoms with van der Waals surface area (Å²) in [6.07, 6.45) is 0.523. The molecule has 1 heterocycles. The lowest BCUT2D eigenvalue weighted by Crippen LogP contribution is -2.46. The molecule has 0 atom stereocenters. The van der Waals surface area contributed by atoms with Gasteiger partial charge >= 0.3 is 5.69 Å². The van der Waals surface area contributed by atoms with Crippen molar-refractivity contribution in [3.05, 3.63) is 80.4 Å². The van der Waals surface area contributed by atoms with Gasteiger partial charge in [0.15, 0.2) is 11.5 Å². The molecule has 0 unspecified atom stereocenters. The highest BCUT2D eigenvalue weighted by molar-refractivity contribution is 5.91. The van der Waals surface area contributed by atoms with Crippen LogP contribution >= 0.6 is 0 Å². The average Bonchev–Trinajstić information content (AvgIpc) is 2.84. The Morgan fingerprint density at radius 1 is 1.06 bits per heavy atom. The average molecular weight is 472 g/mol. The van der Waals surface area contributed by atoms with Crippen LogP contribution in [0.5, 0.6) is 11.5 Å². The number of carbonyl (C=O) groups is 1. The molecule has 0 aliphatic carbocycles. The van der Waals surface area contributed by atoms with Gasteiger partial charge in [0.25, 0.3) is 11.5 Å². The van der Waals surface area contributed by atoms with E-state index in [2.05, 4.69) is 10.4 Å². The van der Waals surface area contributed by atoms with Crippen LogP contribution in [0.15, 0.2) is 52.1 Å². The van der Waals surface area contributed by atoms with E-state index in [1.54, 1.807) is 12.1 Å². The van der Waals surface area contributed by atoms with E-state index >= 15 is 0 Å². The van der Waals surface area contributed by atoms with Crippen LogP contribution in [0, 0.1) is 5.82 Å². The number of rotatable bonds is 10. The van der Waals surface area contributed by atoms with Gasteiger partial charge in [-0.05, 0) is 36.2 Å². The molecule has 1 amide bonds. The number of halogens is 1. The van der Waals surface area contributed by atoms with Crippen molar-refractivity contribution in [2.45, 2.75) is 13.0 Å². The minimum Gasteiger partial charge on any atom is -0.493 e. The fourth-order valence-corrected chi connectivity index (χ4v) is 3.24. The monoisotopic (exact) mass is 472 g/mol. The second-order valence-corrected chi connectivity index (χ2v) is 7.21. The van der Waals surface area contributed by atoms with Gasteiger partial charge in [-0.2, -0.15) is 9.78 Å². The van der Waals surface area contributed by atoms with Crippen molar-refractivity contribution in [2.24, 2.45) is 0 Å². The zero-order valence-corrected chi connectivity index (χ0v) is 19.0. The molecule has 2 aromatic carbocycles. The van der Waals surface area contributed by atoms with Crippen molar-refractivity contribution in [3.8, 4) is 17.2 Å². The number of hydrogen-bond acceptors (Lipinski definition) is 7. The molecular formula is C23H25FN4O6. The highest BCUT2D eigenvalue weighted by Gasteiger charge is 2.21. The zero-order valence-electron chi connectivity index (χ0n) is 19.0. The highest BCUT2D eigenvalue weighted by atomic mass is 19.1. The summed E-state index contributed by atoms with van der Waals surface area (Å²) in [5.74, 6) is -0.523. The number of carbonyl (C=O) groups excluding carboxylic acids is 1. The predicted molar refractivity (Wildman–Crippen MR) is 122 cm³/mol. The summed E-state index contributed by atoms with van der Waals surface area (Å²) in [5.41, 5.74) is -1.57. The maximum absolute atomic E-state index is 13.7. The molecule has 1 aromatic heterocycles. The zero-order chi connectivity index (χ0) is 24.7. The fraction of sp³-hybridized carbons (Fsp3) is 0.304. The molecule has 180 valence electrons. The molecule has 0 aliphatic rings. The Morgan fingerprint density at radius 3 is 2.50 bits per heavy atom. The lowest BCUT2D eigenvalue weighted by atomic mass is 10.2. The number of aromatic nitrogens is 3. The molecule has 11 heteroatoms. The summed E-state index contributed by atoms with van der Waals surface area (Å²) < 4.78 is 30.9. The van der Waals surface area contributed by atoms with E-state index in [1.165, 1.54) is 51.7 Å². The molecule has 3 rings (SSSR count). The van der Waals surface area contributed by atoms with Crippen LogP contribution in [0.4, 0.5) is 4.39 Å². The largest absolute Gasteiger partial charge is 0.493 e. The number of hydrogen-bond donors (Lipinski definition) is 1. The molecule has 0 saturated heterocycles. The first kappa shape index (κ1) is 24.6. The number of benzene rings is 2. The van der Waals surface area contributed by atoms with Gasteiger partial charge in [0.1, 0.15) is 5.82 Å². The number of nitrogens with one attached hydrogen (secondary N) is 1. The first-order chi connectivity index (χ1) is 16.4. The third-order valence-corrected chi connectivity index (χ3v) is 4.93. The summed E-state index contributed by atoms with van der Waals surface area (Å²) in [6.45, 7) is 0.408. The molecule has 0 radical (unpaired) electrons. The minimum absolute atomic E-state index is 0.240. The molecule has 0 fully saturated rings. The standard InChI is InChI=1S/C23H25FN4O6/c1-32-11-5-10-25-21(29)20-22(30)27(14-15-6-4-7-16(24)12-15)23(31)28(26-20)17-8-9-18(33-2)19(13-17)34-3/h4,6-9,12-13H,5,10-11,14H2,1-3H3,(H,25,29). The Hall–Kier alpha value is -3.99. The van der Waals surface area contributed by atoms with Gasteiger partial charge in [0.2, 0.25) is 5.69 Å². The third-order valence-electron chi connectivity index (χ3n) is 4.93. The quantitative estimate of drug-likeness (QED) is 0.443. The number of nitrogens with zero attached hydrogens (tertiary/aromatic N) is 3. The first-order valence-corrected chi connectivity index (χ1v) is 10.4. The van der Waals surface area contributed by atoms with Gasteiger partial charge < -0.3 is 19.5 Å². The Bertz CT molecular complexity index is 1290. The van der Waals surface area contributed by atoms with E-state index in [1.807, 2.05) is 0 Å². The van der Waals surface area contributed by atoms with Crippen LogP contribution in [0.25, 0.3) is 5.69 Å². The Balaban J connectivity index is 2.14. The maximum Gasteiger partial charge on any atom is 0.352 e. The van der Waals surface area contributed by atoms with E-state index in [0.29, 0.717) is 30.1 Å². The Morgan fingerprint density at radius 2 is 1.82 bits per heavy atom. The maximum atomic E-state index is 13.7. The van der Waals surface area contributed by atoms with E-state index in [4.69, 9.17) is 14.2 Å². The van der Waals surface area contributed by atoms with E-state index in [9.17, 15) is 18.8 Å². The molecule has 10 nitrogen and oxygen atoms in total. The second kappa shape index (κ2) is 11.2. The molecule has 34 heavy (non-hydrogen) atoms. The third kappa shape index (κ3) is 5.49. The van der Waals surface area contributed by atoms with Crippen molar-refractivity contribution in [3.63, 3.8) is 0 Å². The molecule has 1 N–H and O–H groups in total. The van der Waals surface area contributed by atoms with E-state index in [0.717, 1.165) is 9.25 Å². The first-order valence-electron chi connectivity index (χ1n) is 10.4. The van der Waals surface area contributed by atoms with Crippen LogP contribution in [-0.4, -0.2) is 54.7 Å². The van der Waals surface area contributed by atoms with Crippen molar-refractivity contribution in [1.29, 1.82) is 0 Å². The van der Waals surface area contributed by atoms with Crippen LogP contribution in [-0.2, 0) is 11.3 Å². The van der Waals surface area contributed by atoms with Crippen molar-refractivity contribution in [2.75, 3.05) is 34.5 Å². The Kier molecular flexibility index (Phi) is 8.14. The van der Waals surface area contributed by atoms with Crippen molar-refractivity contribution in [1.82, 2.24) is 19.7 Å². The van der Waals surface area contributed by atoms with E-state index < -0.39 is 28.7 Å². The lowest BCUT2D eigenvalue weighted by Gasteiger charge is -2.14. The summed E-state index contributed by atoms with van der Waals surface area (Å²) in [4.78, 5) is 39.1. The van der Waals surface area contributed by atoms with E-state index in [-0.39, 0.29) is 18.8 Å². The number of methoxy groups -OCH3 is 3. The van der Waals surface area contributed by atoms with Gasteiger partial charge in [-0.15, -0.1) is 0 Å². The number of amides is 1. The van der Waals surface area contributed by atoms with Gasteiger partial charge in [0, 0.05) is 26.3 Å². The molecule has 0 aliphatic heterocycles. The fourth-order valence-electron chi connectivity index (χ4n) is 3.24. The van der Waals surface area contributed by atoms with Crippen molar-refractivity contribution >= 4 is 5.91 Å². The van der Waals surface area contributed by atoms with Crippen LogP contribution < -0.4 is 26.0 Å².